The number of likely N-dealkylation sites (tertiary alicyclic amines) is 1. The molecular weight excluding hydrogens is 671 g/mol. The summed E-state index contributed by atoms with van der Waals surface area (Å²) in [5.74, 6) is -1.93. The Morgan fingerprint density at radius 3 is 2.39 bits per heavy atom. The van der Waals surface area contributed by atoms with E-state index in [0.717, 1.165) is 23.1 Å². The molecule has 2 fully saturated rings. The van der Waals surface area contributed by atoms with E-state index in [-0.39, 0.29) is 25.4 Å². The van der Waals surface area contributed by atoms with Crippen molar-refractivity contribution >= 4 is 51.1 Å². The van der Waals surface area contributed by atoms with Crippen molar-refractivity contribution in [2.24, 2.45) is 5.41 Å². The van der Waals surface area contributed by atoms with Crippen LogP contribution in [0.2, 0.25) is 0 Å². The highest BCUT2D eigenvalue weighted by Crippen LogP contribution is 2.36. The molecule has 0 aromatic carbocycles. The SMILES string of the molecule is CCCC(NC(=O)[C@@H]1C[C@@H](Oc2cc(-c3ccccn3)nc3ccsc23)CN1C(=O)[C@@H](NC(=O)NC(C)(C)C)C(C)(C)C)C(=O)C(=O)NC1CC1. The lowest BCUT2D eigenvalue weighted by molar-refractivity contribution is -0.144. The van der Waals surface area contributed by atoms with Crippen LogP contribution in [0.4, 0.5) is 4.79 Å². The molecule has 5 rings (SSSR count). The maximum Gasteiger partial charge on any atom is 0.315 e. The monoisotopic (exact) mass is 719 g/mol. The number of fused-ring (bicyclic) bond motifs is 1. The lowest BCUT2D eigenvalue weighted by Gasteiger charge is -2.36. The molecule has 0 spiro atoms. The summed E-state index contributed by atoms with van der Waals surface area (Å²) < 4.78 is 7.42. The molecule has 4 N–H and O–H groups in total. The van der Waals surface area contributed by atoms with Crippen LogP contribution in [0.25, 0.3) is 21.6 Å². The Morgan fingerprint density at radius 1 is 1.02 bits per heavy atom. The highest BCUT2D eigenvalue weighted by atomic mass is 32.1. The lowest BCUT2D eigenvalue weighted by atomic mass is 9.85. The average Bonchev–Trinajstić information content (AvgIpc) is 3.56. The van der Waals surface area contributed by atoms with E-state index in [9.17, 15) is 24.0 Å². The molecule has 14 heteroatoms. The summed E-state index contributed by atoms with van der Waals surface area (Å²) in [6, 6.07) is 5.62. The zero-order chi connectivity index (χ0) is 37.1. The van der Waals surface area contributed by atoms with Crippen molar-refractivity contribution in [3.05, 3.63) is 41.9 Å². The predicted molar refractivity (Wildman–Crippen MR) is 195 cm³/mol. The normalized spacial score (nSPS) is 18.8. The first-order chi connectivity index (χ1) is 24.0. The van der Waals surface area contributed by atoms with E-state index >= 15 is 0 Å². The Labute approximate surface area is 302 Å². The fourth-order valence-corrected chi connectivity index (χ4v) is 6.79. The van der Waals surface area contributed by atoms with Gasteiger partial charge in [0.1, 0.15) is 23.9 Å². The number of hydrogen-bond acceptors (Lipinski definition) is 9. The predicted octanol–water partition coefficient (Wildman–Crippen LogP) is 4.35. The first-order valence-corrected chi connectivity index (χ1v) is 18.4. The van der Waals surface area contributed by atoms with E-state index < -0.39 is 64.7 Å². The number of Topliss-reactive ketones (excluding diaryl/α,β-unsaturated/α-hetero) is 1. The Kier molecular flexibility index (Phi) is 11.3. The van der Waals surface area contributed by atoms with E-state index in [1.807, 2.05) is 84.2 Å². The van der Waals surface area contributed by atoms with Crippen molar-refractivity contribution in [3.8, 4) is 17.1 Å². The minimum Gasteiger partial charge on any atom is -0.487 e. The highest BCUT2D eigenvalue weighted by Gasteiger charge is 2.47. The lowest BCUT2D eigenvalue weighted by Crippen LogP contribution is -2.61. The first-order valence-electron chi connectivity index (χ1n) is 17.5. The number of ether oxygens (including phenoxy) is 1. The third-order valence-electron chi connectivity index (χ3n) is 8.67. The van der Waals surface area contributed by atoms with Gasteiger partial charge in [0, 0.05) is 30.3 Å². The van der Waals surface area contributed by atoms with Crippen molar-refractivity contribution in [1.82, 2.24) is 36.1 Å². The molecule has 1 aliphatic carbocycles. The Morgan fingerprint density at radius 2 is 1.76 bits per heavy atom. The van der Waals surface area contributed by atoms with Crippen molar-refractivity contribution < 1.29 is 28.7 Å². The molecule has 274 valence electrons. The van der Waals surface area contributed by atoms with Gasteiger partial charge >= 0.3 is 6.03 Å². The van der Waals surface area contributed by atoms with Crippen molar-refractivity contribution in [3.63, 3.8) is 0 Å². The fraction of sp³-hybridized carbons (Fsp3) is 0.541. The topological polar surface area (TPSA) is 172 Å². The van der Waals surface area contributed by atoms with Gasteiger partial charge in [-0.25, -0.2) is 9.78 Å². The van der Waals surface area contributed by atoms with Crippen LogP contribution < -0.4 is 26.0 Å². The Balaban J connectivity index is 1.45. The van der Waals surface area contributed by atoms with E-state index in [1.54, 1.807) is 6.20 Å². The van der Waals surface area contributed by atoms with Crippen LogP contribution in [0.5, 0.6) is 5.75 Å². The largest absolute Gasteiger partial charge is 0.487 e. The van der Waals surface area contributed by atoms with Gasteiger partial charge in [-0.2, -0.15) is 0 Å². The number of carbonyl (C=O) groups is 5. The number of thiophene rings is 1. The summed E-state index contributed by atoms with van der Waals surface area (Å²) in [4.78, 5) is 78.2. The zero-order valence-electron chi connectivity index (χ0n) is 30.4. The van der Waals surface area contributed by atoms with Gasteiger partial charge in [-0.05, 0) is 69.0 Å². The first kappa shape index (κ1) is 37.7. The van der Waals surface area contributed by atoms with Gasteiger partial charge in [0.05, 0.1) is 34.2 Å². The van der Waals surface area contributed by atoms with Gasteiger partial charge in [-0.15, -0.1) is 11.3 Å². The number of nitrogens with zero attached hydrogens (tertiary/aromatic N) is 3. The molecule has 2 aliphatic rings. The van der Waals surface area contributed by atoms with Crippen LogP contribution in [0.1, 0.15) is 80.6 Å². The van der Waals surface area contributed by atoms with Gasteiger partial charge in [-0.1, -0.05) is 40.2 Å². The molecule has 1 unspecified atom stereocenters. The van der Waals surface area contributed by atoms with E-state index in [0.29, 0.717) is 23.6 Å². The standard InChI is InChI=1S/C37H49N7O6S/c1-8-11-24(29(45)33(47)39-21-13-14-21)41-32(46)27-18-22(20-44(27)34(48)31(36(2,3)4)42-35(49)43-37(5,6)7)50-28-19-26(23-12-9-10-16-38-23)40-25-15-17-51-30(25)28/h9-10,12,15-17,19,21-22,24,27,31H,8,11,13-14,18,20H2,1-7H3,(H,39,47)(H,41,46)(H2,42,43,49)/t22-,24?,27+,31-/m1/s1. The molecule has 4 atom stereocenters. The van der Waals surface area contributed by atoms with Crippen molar-refractivity contribution in [1.29, 1.82) is 0 Å². The molecular formula is C37H49N7O6S. The summed E-state index contributed by atoms with van der Waals surface area (Å²) in [6.07, 6.45) is 3.61. The Bertz CT molecular complexity index is 1760. The quantitative estimate of drug-likeness (QED) is 0.200. The molecule has 1 saturated carbocycles. The molecule has 5 amide bonds. The number of pyridine rings is 2. The van der Waals surface area contributed by atoms with E-state index in [2.05, 4.69) is 26.3 Å². The number of hydrogen-bond donors (Lipinski definition) is 4. The highest BCUT2D eigenvalue weighted by molar-refractivity contribution is 7.17. The molecule has 0 radical (unpaired) electrons. The summed E-state index contributed by atoms with van der Waals surface area (Å²) in [5, 5.41) is 13.1. The zero-order valence-corrected chi connectivity index (χ0v) is 31.2. The molecule has 0 bridgehead atoms. The summed E-state index contributed by atoms with van der Waals surface area (Å²) >= 11 is 1.47. The van der Waals surface area contributed by atoms with Gasteiger partial charge < -0.3 is 30.9 Å². The number of ketones is 1. The van der Waals surface area contributed by atoms with E-state index in [4.69, 9.17) is 9.72 Å². The fourth-order valence-electron chi connectivity index (χ4n) is 6.00. The molecule has 3 aromatic rings. The number of carbonyl (C=O) groups excluding carboxylic acids is 5. The number of nitrogens with one attached hydrogen (secondary N) is 4. The molecule has 1 saturated heterocycles. The minimum atomic E-state index is -1.06. The third kappa shape index (κ3) is 9.60. The molecule has 51 heavy (non-hydrogen) atoms. The van der Waals surface area contributed by atoms with Gasteiger partial charge in [0.15, 0.2) is 0 Å². The molecule has 4 heterocycles. The number of urea groups is 1. The van der Waals surface area contributed by atoms with Crippen molar-refractivity contribution in [2.75, 3.05) is 6.54 Å². The van der Waals surface area contributed by atoms with Gasteiger partial charge in [0.2, 0.25) is 17.6 Å². The summed E-state index contributed by atoms with van der Waals surface area (Å²) in [6.45, 7) is 12.9. The van der Waals surface area contributed by atoms with Gasteiger partial charge in [-0.3, -0.25) is 24.2 Å². The van der Waals surface area contributed by atoms with Crippen LogP contribution in [0.3, 0.4) is 0 Å². The second-order valence-electron chi connectivity index (χ2n) is 15.4. The second-order valence-corrected chi connectivity index (χ2v) is 16.4. The molecule has 1 aliphatic heterocycles. The van der Waals surface area contributed by atoms with Crippen molar-refractivity contribution in [2.45, 2.75) is 116 Å². The molecule has 13 nitrogen and oxygen atoms in total. The minimum absolute atomic E-state index is 0.0150. The second kappa shape index (κ2) is 15.3. The van der Waals surface area contributed by atoms with E-state index in [1.165, 1.54) is 16.2 Å². The van der Waals surface area contributed by atoms with Crippen LogP contribution >= 0.6 is 11.3 Å². The average molecular weight is 720 g/mol. The summed E-state index contributed by atoms with van der Waals surface area (Å²) in [7, 11) is 0. The maximum atomic E-state index is 14.5. The Hall–Kier alpha value is -4.59. The number of amides is 5. The van der Waals surface area contributed by atoms with Crippen LogP contribution in [-0.4, -0.2) is 86.8 Å². The molecule has 3 aromatic heterocycles. The maximum absolute atomic E-state index is 14.5. The van der Waals surface area contributed by atoms with Gasteiger partial charge in [0.25, 0.3) is 5.91 Å². The van der Waals surface area contributed by atoms with Crippen LogP contribution in [0, 0.1) is 5.41 Å². The van der Waals surface area contributed by atoms with Crippen LogP contribution in [-0.2, 0) is 19.2 Å². The number of aromatic nitrogens is 2. The van der Waals surface area contributed by atoms with Crippen LogP contribution in [0.15, 0.2) is 41.9 Å². The smallest absolute Gasteiger partial charge is 0.315 e. The third-order valence-corrected chi connectivity index (χ3v) is 9.59. The summed E-state index contributed by atoms with van der Waals surface area (Å²) in [5.41, 5.74) is 0.721. The number of rotatable bonds is 12.